The van der Waals surface area contributed by atoms with E-state index in [0.717, 1.165) is 11.3 Å². The number of hydrogen-bond donors (Lipinski definition) is 2. The third kappa shape index (κ3) is 4.36. The Kier molecular flexibility index (Phi) is 5.00. The van der Waals surface area contributed by atoms with Crippen molar-refractivity contribution in [2.45, 2.75) is 26.0 Å². The molecule has 5 heteroatoms. The van der Waals surface area contributed by atoms with Gasteiger partial charge in [-0.1, -0.05) is 18.2 Å². The Balaban J connectivity index is 1.89. The standard InChI is InChI=1S/C16H17FN2O2/c1-11-4-3-7-18-14(11)10-19-16(21)9-15(20)12-5-2-6-13(17)8-12/h2-8,15,20H,9-10H2,1H3,(H,19,21). The summed E-state index contributed by atoms with van der Waals surface area (Å²) in [4.78, 5) is 16.0. The van der Waals surface area contributed by atoms with Gasteiger partial charge in [0.2, 0.25) is 5.91 Å². The summed E-state index contributed by atoms with van der Waals surface area (Å²) in [7, 11) is 0. The van der Waals surface area contributed by atoms with Gasteiger partial charge in [-0.25, -0.2) is 4.39 Å². The molecule has 1 amide bonds. The lowest BCUT2D eigenvalue weighted by atomic mass is 10.1. The molecule has 1 aromatic carbocycles. The van der Waals surface area contributed by atoms with Crippen LogP contribution in [0.15, 0.2) is 42.6 Å². The summed E-state index contributed by atoms with van der Waals surface area (Å²) in [6.07, 6.45) is 0.524. The first-order valence-corrected chi connectivity index (χ1v) is 6.67. The van der Waals surface area contributed by atoms with Gasteiger partial charge in [0.15, 0.2) is 0 Å². The number of aliphatic hydroxyl groups excluding tert-OH is 1. The molecule has 2 N–H and O–H groups in total. The molecule has 0 aliphatic heterocycles. The Hall–Kier alpha value is -2.27. The molecule has 1 heterocycles. The molecular formula is C16H17FN2O2. The molecule has 1 atom stereocenters. The molecule has 0 fully saturated rings. The second-order valence-electron chi connectivity index (χ2n) is 4.82. The van der Waals surface area contributed by atoms with Crippen LogP contribution in [0.2, 0.25) is 0 Å². The number of aliphatic hydroxyl groups is 1. The van der Waals surface area contributed by atoms with Gasteiger partial charge in [-0.05, 0) is 36.2 Å². The van der Waals surface area contributed by atoms with E-state index in [4.69, 9.17) is 0 Å². The summed E-state index contributed by atoms with van der Waals surface area (Å²) in [5.41, 5.74) is 2.16. The summed E-state index contributed by atoms with van der Waals surface area (Å²) in [6, 6.07) is 9.35. The Morgan fingerprint density at radius 1 is 1.38 bits per heavy atom. The van der Waals surface area contributed by atoms with Gasteiger partial charge >= 0.3 is 0 Å². The second-order valence-corrected chi connectivity index (χ2v) is 4.82. The number of hydrogen-bond acceptors (Lipinski definition) is 3. The van der Waals surface area contributed by atoms with Gasteiger partial charge in [-0.3, -0.25) is 9.78 Å². The molecule has 1 aromatic heterocycles. The summed E-state index contributed by atoms with van der Waals surface area (Å²) in [5, 5.41) is 12.6. The smallest absolute Gasteiger partial charge is 0.223 e. The topological polar surface area (TPSA) is 62.2 Å². The van der Waals surface area contributed by atoms with Crippen molar-refractivity contribution in [2.24, 2.45) is 0 Å². The van der Waals surface area contributed by atoms with Crippen LogP contribution < -0.4 is 5.32 Å². The molecule has 2 rings (SSSR count). The predicted molar refractivity (Wildman–Crippen MR) is 76.8 cm³/mol. The van der Waals surface area contributed by atoms with Crippen molar-refractivity contribution in [3.05, 3.63) is 65.2 Å². The van der Waals surface area contributed by atoms with Gasteiger partial charge in [0.25, 0.3) is 0 Å². The Bertz CT molecular complexity index is 631. The lowest BCUT2D eigenvalue weighted by molar-refractivity contribution is -0.123. The third-order valence-electron chi connectivity index (χ3n) is 3.18. The van der Waals surface area contributed by atoms with E-state index in [1.807, 2.05) is 19.1 Å². The van der Waals surface area contributed by atoms with Crippen LogP contribution in [-0.2, 0) is 11.3 Å². The number of aromatic nitrogens is 1. The maximum absolute atomic E-state index is 13.1. The Morgan fingerprint density at radius 3 is 2.90 bits per heavy atom. The van der Waals surface area contributed by atoms with Crippen LogP contribution in [0.3, 0.4) is 0 Å². The van der Waals surface area contributed by atoms with Crippen molar-refractivity contribution in [3.63, 3.8) is 0 Å². The van der Waals surface area contributed by atoms with Crippen molar-refractivity contribution >= 4 is 5.91 Å². The van der Waals surface area contributed by atoms with E-state index in [0.29, 0.717) is 12.1 Å². The zero-order valence-electron chi connectivity index (χ0n) is 11.7. The van der Waals surface area contributed by atoms with Crippen molar-refractivity contribution in [2.75, 3.05) is 0 Å². The zero-order valence-corrected chi connectivity index (χ0v) is 11.7. The van der Waals surface area contributed by atoms with E-state index < -0.39 is 11.9 Å². The predicted octanol–water partition coefficient (Wildman–Crippen LogP) is 2.27. The minimum atomic E-state index is -1.02. The van der Waals surface area contributed by atoms with Crippen LogP contribution in [0.25, 0.3) is 0 Å². The maximum Gasteiger partial charge on any atom is 0.223 e. The molecule has 0 saturated carbocycles. The molecular weight excluding hydrogens is 271 g/mol. The van der Waals surface area contributed by atoms with Crippen molar-refractivity contribution < 1.29 is 14.3 Å². The van der Waals surface area contributed by atoms with E-state index in [2.05, 4.69) is 10.3 Å². The quantitative estimate of drug-likeness (QED) is 0.887. The molecule has 2 aromatic rings. The average molecular weight is 288 g/mol. The van der Waals surface area contributed by atoms with Gasteiger partial charge in [-0.2, -0.15) is 0 Å². The van der Waals surface area contributed by atoms with Crippen molar-refractivity contribution in [1.82, 2.24) is 10.3 Å². The summed E-state index contributed by atoms with van der Waals surface area (Å²) in [6.45, 7) is 2.22. The number of aryl methyl sites for hydroxylation is 1. The summed E-state index contributed by atoms with van der Waals surface area (Å²) in [5.74, 6) is -0.743. The molecule has 0 aliphatic carbocycles. The normalized spacial score (nSPS) is 12.0. The second kappa shape index (κ2) is 6.95. The number of carbonyl (C=O) groups excluding carboxylic acids is 1. The monoisotopic (exact) mass is 288 g/mol. The van der Waals surface area contributed by atoms with Crippen molar-refractivity contribution in [3.8, 4) is 0 Å². The molecule has 1 unspecified atom stereocenters. The highest BCUT2D eigenvalue weighted by Crippen LogP contribution is 2.17. The van der Waals surface area contributed by atoms with Crippen LogP contribution >= 0.6 is 0 Å². The van der Waals surface area contributed by atoms with Crippen LogP contribution in [0.1, 0.15) is 29.3 Å². The van der Waals surface area contributed by atoms with E-state index in [9.17, 15) is 14.3 Å². The first-order valence-electron chi connectivity index (χ1n) is 6.67. The first-order chi connectivity index (χ1) is 10.1. The van der Waals surface area contributed by atoms with E-state index in [1.165, 1.54) is 18.2 Å². The molecule has 110 valence electrons. The fraction of sp³-hybridized carbons (Fsp3) is 0.250. The van der Waals surface area contributed by atoms with Gasteiger partial charge in [0.05, 0.1) is 24.8 Å². The molecule has 0 radical (unpaired) electrons. The number of nitrogens with zero attached hydrogens (tertiary/aromatic N) is 1. The van der Waals surface area contributed by atoms with Gasteiger partial charge in [-0.15, -0.1) is 0 Å². The zero-order chi connectivity index (χ0) is 15.2. The number of halogens is 1. The van der Waals surface area contributed by atoms with Crippen LogP contribution in [-0.4, -0.2) is 16.0 Å². The number of amides is 1. The molecule has 0 bridgehead atoms. The van der Waals surface area contributed by atoms with Crippen LogP contribution in [0.4, 0.5) is 4.39 Å². The SMILES string of the molecule is Cc1cccnc1CNC(=O)CC(O)c1cccc(F)c1. The maximum atomic E-state index is 13.1. The Labute approximate surface area is 122 Å². The van der Waals surface area contributed by atoms with E-state index in [-0.39, 0.29) is 12.3 Å². The van der Waals surface area contributed by atoms with E-state index in [1.54, 1.807) is 12.3 Å². The van der Waals surface area contributed by atoms with Gasteiger partial charge in [0.1, 0.15) is 5.82 Å². The Morgan fingerprint density at radius 2 is 2.19 bits per heavy atom. The lowest BCUT2D eigenvalue weighted by Crippen LogP contribution is -2.25. The number of benzene rings is 1. The minimum Gasteiger partial charge on any atom is -0.388 e. The van der Waals surface area contributed by atoms with Crippen LogP contribution in [0, 0.1) is 12.7 Å². The number of pyridine rings is 1. The minimum absolute atomic E-state index is 0.116. The first kappa shape index (κ1) is 15.1. The van der Waals surface area contributed by atoms with Crippen molar-refractivity contribution in [1.29, 1.82) is 0 Å². The lowest BCUT2D eigenvalue weighted by Gasteiger charge is -2.12. The van der Waals surface area contributed by atoms with Crippen LogP contribution in [0.5, 0.6) is 0 Å². The summed E-state index contributed by atoms with van der Waals surface area (Å²) >= 11 is 0. The molecule has 4 nitrogen and oxygen atoms in total. The molecule has 0 saturated heterocycles. The number of rotatable bonds is 5. The van der Waals surface area contributed by atoms with Gasteiger partial charge in [0, 0.05) is 6.20 Å². The fourth-order valence-corrected chi connectivity index (χ4v) is 1.97. The van der Waals surface area contributed by atoms with E-state index >= 15 is 0 Å². The molecule has 0 aliphatic rings. The van der Waals surface area contributed by atoms with Gasteiger partial charge < -0.3 is 10.4 Å². The average Bonchev–Trinajstić information content (AvgIpc) is 2.46. The number of carbonyl (C=O) groups is 1. The summed E-state index contributed by atoms with van der Waals surface area (Å²) < 4.78 is 13.1. The highest BCUT2D eigenvalue weighted by atomic mass is 19.1. The fourth-order valence-electron chi connectivity index (χ4n) is 1.97. The number of nitrogens with one attached hydrogen (secondary N) is 1. The third-order valence-corrected chi connectivity index (χ3v) is 3.18. The molecule has 0 spiro atoms. The largest absolute Gasteiger partial charge is 0.388 e. The molecule has 21 heavy (non-hydrogen) atoms. The highest BCUT2D eigenvalue weighted by Gasteiger charge is 2.13. The highest BCUT2D eigenvalue weighted by molar-refractivity contribution is 5.76.